The highest BCUT2D eigenvalue weighted by Gasteiger charge is 2.23. The van der Waals surface area contributed by atoms with Crippen LogP contribution in [0.3, 0.4) is 0 Å². The Kier molecular flexibility index (Phi) is 3.03. The molecule has 2 heteroatoms. The summed E-state index contributed by atoms with van der Waals surface area (Å²) < 4.78 is 5.90. The Morgan fingerprint density at radius 2 is 1.94 bits per heavy atom. The van der Waals surface area contributed by atoms with Gasteiger partial charge in [0.15, 0.2) is 6.23 Å². The van der Waals surface area contributed by atoms with Gasteiger partial charge in [-0.05, 0) is 24.1 Å². The highest BCUT2D eigenvalue weighted by atomic mass is 16.5. The van der Waals surface area contributed by atoms with Gasteiger partial charge in [0.25, 0.3) is 0 Å². The van der Waals surface area contributed by atoms with E-state index in [-0.39, 0.29) is 6.23 Å². The zero-order valence-corrected chi connectivity index (χ0v) is 10.5. The molecule has 0 amide bonds. The van der Waals surface area contributed by atoms with Crippen molar-refractivity contribution in [2.24, 2.45) is 0 Å². The molecule has 0 aliphatic carbocycles. The summed E-state index contributed by atoms with van der Waals surface area (Å²) in [5, 5.41) is 3.45. The lowest BCUT2D eigenvalue weighted by Crippen LogP contribution is -2.32. The van der Waals surface area contributed by atoms with E-state index in [1.165, 1.54) is 16.7 Å². The monoisotopic (exact) mass is 239 g/mol. The van der Waals surface area contributed by atoms with Crippen LogP contribution >= 0.6 is 0 Å². The normalized spacial score (nSPS) is 17.3. The van der Waals surface area contributed by atoms with E-state index in [0.29, 0.717) is 0 Å². The summed E-state index contributed by atoms with van der Waals surface area (Å²) in [6.45, 7) is 2.99. The average molecular weight is 239 g/mol. The number of hydrogen-bond acceptors (Lipinski definition) is 2. The molecule has 2 aromatic rings. The Bertz CT molecular complexity index is 536. The number of benzene rings is 2. The molecule has 1 atom stereocenters. The van der Waals surface area contributed by atoms with Crippen molar-refractivity contribution < 1.29 is 4.74 Å². The molecular weight excluding hydrogens is 222 g/mol. The third kappa shape index (κ3) is 2.24. The minimum absolute atomic E-state index is 0.0984. The molecule has 0 radical (unpaired) electrons. The lowest BCUT2D eigenvalue weighted by atomic mass is 10.1. The van der Waals surface area contributed by atoms with Gasteiger partial charge in [-0.25, -0.2) is 0 Å². The molecule has 0 saturated carbocycles. The number of aryl methyl sites for hydroxylation is 1. The van der Waals surface area contributed by atoms with Gasteiger partial charge >= 0.3 is 0 Å². The van der Waals surface area contributed by atoms with Crippen LogP contribution in [0.5, 0.6) is 5.75 Å². The molecule has 1 heterocycles. The van der Waals surface area contributed by atoms with Crippen LogP contribution < -0.4 is 10.1 Å². The molecule has 1 unspecified atom stereocenters. The maximum absolute atomic E-state index is 5.90. The lowest BCUT2D eigenvalue weighted by molar-refractivity contribution is 0.190. The second-order valence-electron chi connectivity index (χ2n) is 4.73. The molecule has 0 aromatic heterocycles. The number of nitrogens with one attached hydrogen (secondary N) is 1. The Hall–Kier alpha value is -1.80. The zero-order chi connectivity index (χ0) is 12.4. The Morgan fingerprint density at radius 3 is 2.72 bits per heavy atom. The molecular formula is C16H17NO. The number of hydrogen-bond donors (Lipinski definition) is 1. The van der Waals surface area contributed by atoms with Crippen molar-refractivity contribution in [3.8, 4) is 5.75 Å². The number of fused-ring (bicyclic) bond motifs is 1. The van der Waals surface area contributed by atoms with E-state index < -0.39 is 0 Å². The predicted molar refractivity (Wildman–Crippen MR) is 72.6 cm³/mol. The van der Waals surface area contributed by atoms with E-state index in [4.69, 9.17) is 4.74 Å². The van der Waals surface area contributed by atoms with Crippen LogP contribution in [0.15, 0.2) is 48.5 Å². The van der Waals surface area contributed by atoms with Crippen molar-refractivity contribution in [2.45, 2.75) is 26.1 Å². The van der Waals surface area contributed by atoms with Crippen molar-refractivity contribution in [3.05, 3.63) is 65.2 Å². The number of ether oxygens (including phenoxy) is 1. The average Bonchev–Trinajstić information content (AvgIpc) is 2.82. The molecule has 0 spiro atoms. The highest BCUT2D eigenvalue weighted by Crippen LogP contribution is 2.30. The molecule has 92 valence electrons. The van der Waals surface area contributed by atoms with Crippen molar-refractivity contribution in [3.63, 3.8) is 0 Å². The molecule has 1 aliphatic heterocycles. The summed E-state index contributed by atoms with van der Waals surface area (Å²) in [5.41, 5.74) is 3.94. The fourth-order valence-corrected chi connectivity index (χ4v) is 2.37. The highest BCUT2D eigenvalue weighted by molar-refractivity contribution is 5.42. The van der Waals surface area contributed by atoms with Crippen LogP contribution in [0.2, 0.25) is 0 Å². The molecule has 0 bridgehead atoms. The lowest BCUT2D eigenvalue weighted by Gasteiger charge is -2.12. The Morgan fingerprint density at radius 1 is 1.11 bits per heavy atom. The largest absolute Gasteiger partial charge is 0.475 e. The SMILES string of the molecule is Cc1cccc2c1CC(NCc1ccccc1)O2. The molecule has 3 rings (SSSR count). The van der Waals surface area contributed by atoms with Gasteiger partial charge in [-0.2, -0.15) is 0 Å². The Balaban J connectivity index is 1.63. The predicted octanol–water partition coefficient (Wildman–Crippen LogP) is 3.05. The molecule has 2 aromatic carbocycles. The van der Waals surface area contributed by atoms with Crippen LogP contribution in [-0.4, -0.2) is 6.23 Å². The van der Waals surface area contributed by atoms with E-state index in [9.17, 15) is 0 Å². The van der Waals surface area contributed by atoms with Crippen LogP contribution in [0, 0.1) is 6.92 Å². The van der Waals surface area contributed by atoms with Gasteiger partial charge in [0, 0.05) is 18.5 Å². The van der Waals surface area contributed by atoms with E-state index in [1.807, 2.05) is 18.2 Å². The van der Waals surface area contributed by atoms with Gasteiger partial charge in [-0.1, -0.05) is 42.5 Å². The molecule has 1 N–H and O–H groups in total. The fourth-order valence-electron chi connectivity index (χ4n) is 2.37. The van der Waals surface area contributed by atoms with Crippen molar-refractivity contribution in [1.29, 1.82) is 0 Å². The summed E-state index contributed by atoms with van der Waals surface area (Å²) in [5.74, 6) is 1.03. The smallest absolute Gasteiger partial charge is 0.154 e. The second-order valence-corrected chi connectivity index (χ2v) is 4.73. The number of rotatable bonds is 3. The van der Waals surface area contributed by atoms with Gasteiger partial charge in [0.05, 0.1) is 0 Å². The van der Waals surface area contributed by atoms with Crippen molar-refractivity contribution in [2.75, 3.05) is 0 Å². The van der Waals surface area contributed by atoms with E-state index >= 15 is 0 Å². The third-order valence-corrected chi connectivity index (χ3v) is 3.40. The molecule has 2 nitrogen and oxygen atoms in total. The maximum Gasteiger partial charge on any atom is 0.154 e. The summed E-state index contributed by atoms with van der Waals surface area (Å²) in [4.78, 5) is 0. The van der Waals surface area contributed by atoms with Crippen LogP contribution in [-0.2, 0) is 13.0 Å². The molecule has 1 aliphatic rings. The molecule has 0 saturated heterocycles. The van der Waals surface area contributed by atoms with Gasteiger partial charge in [0.2, 0.25) is 0 Å². The van der Waals surface area contributed by atoms with Crippen LogP contribution in [0.4, 0.5) is 0 Å². The maximum atomic E-state index is 5.90. The second kappa shape index (κ2) is 4.83. The summed E-state index contributed by atoms with van der Waals surface area (Å²) in [6, 6.07) is 16.6. The zero-order valence-electron chi connectivity index (χ0n) is 10.5. The van der Waals surface area contributed by atoms with E-state index in [2.05, 4.69) is 42.6 Å². The summed E-state index contributed by atoms with van der Waals surface area (Å²) >= 11 is 0. The summed E-state index contributed by atoms with van der Waals surface area (Å²) in [7, 11) is 0. The van der Waals surface area contributed by atoms with Gasteiger partial charge in [0.1, 0.15) is 5.75 Å². The van der Waals surface area contributed by atoms with E-state index in [1.54, 1.807) is 0 Å². The first-order valence-corrected chi connectivity index (χ1v) is 6.35. The fraction of sp³-hybridized carbons (Fsp3) is 0.250. The van der Waals surface area contributed by atoms with Crippen LogP contribution in [0.1, 0.15) is 16.7 Å². The molecule has 18 heavy (non-hydrogen) atoms. The minimum Gasteiger partial charge on any atom is -0.475 e. The van der Waals surface area contributed by atoms with Crippen molar-refractivity contribution in [1.82, 2.24) is 5.32 Å². The minimum atomic E-state index is 0.0984. The standard InChI is InChI=1S/C16H17NO/c1-12-6-5-9-15-14(12)10-16(18-15)17-11-13-7-3-2-4-8-13/h2-9,16-17H,10-11H2,1H3. The topological polar surface area (TPSA) is 21.3 Å². The van der Waals surface area contributed by atoms with E-state index in [0.717, 1.165) is 18.7 Å². The van der Waals surface area contributed by atoms with Gasteiger partial charge in [-0.3, -0.25) is 5.32 Å². The Labute approximate surface area is 108 Å². The molecule has 0 fully saturated rings. The van der Waals surface area contributed by atoms with Crippen LogP contribution in [0.25, 0.3) is 0 Å². The van der Waals surface area contributed by atoms with Gasteiger partial charge in [-0.15, -0.1) is 0 Å². The first-order valence-electron chi connectivity index (χ1n) is 6.35. The third-order valence-electron chi connectivity index (χ3n) is 3.40. The first kappa shape index (κ1) is 11.3. The quantitative estimate of drug-likeness (QED) is 0.889. The summed E-state index contributed by atoms with van der Waals surface area (Å²) in [6.07, 6.45) is 1.05. The first-order chi connectivity index (χ1) is 8.83. The van der Waals surface area contributed by atoms with Gasteiger partial charge < -0.3 is 4.74 Å². The van der Waals surface area contributed by atoms with Crippen molar-refractivity contribution >= 4 is 0 Å².